The van der Waals surface area contributed by atoms with Gasteiger partial charge in [0, 0.05) is 43.4 Å². The van der Waals surface area contributed by atoms with Crippen molar-refractivity contribution in [2.75, 3.05) is 31.6 Å². The maximum Gasteiger partial charge on any atom is 0.337 e. The molecule has 0 bridgehead atoms. The van der Waals surface area contributed by atoms with Gasteiger partial charge in [-0.15, -0.1) is 5.92 Å². The molecule has 3 rings (SSSR count). The van der Waals surface area contributed by atoms with Crippen molar-refractivity contribution in [3.05, 3.63) is 53.1 Å². The van der Waals surface area contributed by atoms with Crippen LogP contribution in [0.15, 0.2) is 36.4 Å². The molecule has 3 amide bonds. The topological polar surface area (TPSA) is 123 Å². The number of aromatic hydroxyl groups is 2. The number of benzene rings is 2. The summed E-state index contributed by atoms with van der Waals surface area (Å²) in [5, 5.41) is 22.5. The fourth-order valence-electron chi connectivity index (χ4n) is 3.18. The first-order chi connectivity index (χ1) is 15.5. The van der Waals surface area contributed by atoms with Crippen molar-refractivity contribution in [2.45, 2.75) is 19.9 Å². The lowest BCUT2D eigenvalue weighted by Crippen LogP contribution is -2.43. The molecule has 0 aliphatic carbocycles. The Balaban J connectivity index is 1.52. The smallest absolute Gasteiger partial charge is 0.337 e. The van der Waals surface area contributed by atoms with Crippen LogP contribution in [0.5, 0.6) is 11.5 Å². The molecule has 1 heterocycles. The molecule has 1 aliphatic heterocycles. The summed E-state index contributed by atoms with van der Waals surface area (Å²) in [6.07, 6.45) is 0.221. The Morgan fingerprint density at radius 3 is 2.47 bits per heavy atom. The summed E-state index contributed by atoms with van der Waals surface area (Å²) >= 11 is 0. The lowest BCUT2D eigenvalue weighted by Gasteiger charge is -2.26. The Bertz CT molecular complexity index is 1020. The number of hydrazine groups is 1. The van der Waals surface area contributed by atoms with Gasteiger partial charge >= 0.3 is 6.03 Å². The van der Waals surface area contributed by atoms with Crippen molar-refractivity contribution in [3.63, 3.8) is 0 Å². The monoisotopic (exact) mass is 438 g/mol. The lowest BCUT2D eigenvalue weighted by molar-refractivity contribution is 0.0342. The van der Waals surface area contributed by atoms with Crippen LogP contribution in [0.4, 0.5) is 10.5 Å². The van der Waals surface area contributed by atoms with Gasteiger partial charge < -0.3 is 20.3 Å². The number of phenolic OH excluding ortho intramolecular Hbond substituents is 2. The molecule has 2 aromatic carbocycles. The van der Waals surface area contributed by atoms with Crippen molar-refractivity contribution < 1.29 is 24.5 Å². The SMILES string of the molecule is CC#CCc1cc(C(=O)NNC(=O)Nc2ccc(CN3CCOCC3)cc2)c(O)cc1O. The van der Waals surface area contributed by atoms with Crippen molar-refractivity contribution in [1.82, 2.24) is 15.8 Å². The Hall–Kier alpha value is -3.74. The number of nitrogens with zero attached hydrogens (tertiary/aromatic N) is 1. The van der Waals surface area contributed by atoms with Crippen LogP contribution in [-0.4, -0.2) is 53.4 Å². The van der Waals surface area contributed by atoms with Gasteiger partial charge in [-0.25, -0.2) is 10.2 Å². The van der Waals surface area contributed by atoms with E-state index in [9.17, 15) is 19.8 Å². The quantitative estimate of drug-likeness (QED) is 0.359. The van der Waals surface area contributed by atoms with E-state index in [0.717, 1.165) is 44.5 Å². The van der Waals surface area contributed by atoms with Gasteiger partial charge in [0.15, 0.2) is 0 Å². The van der Waals surface area contributed by atoms with E-state index in [-0.39, 0.29) is 17.7 Å². The molecule has 5 N–H and O–H groups in total. The van der Waals surface area contributed by atoms with Gasteiger partial charge in [0.1, 0.15) is 11.5 Å². The summed E-state index contributed by atoms with van der Waals surface area (Å²) < 4.78 is 5.34. The molecule has 168 valence electrons. The number of carbonyl (C=O) groups is 2. The van der Waals surface area contributed by atoms with Crippen molar-refractivity contribution in [2.24, 2.45) is 0 Å². The summed E-state index contributed by atoms with van der Waals surface area (Å²) in [6.45, 7) is 5.74. The number of morpholine rings is 1. The molecule has 1 fully saturated rings. The summed E-state index contributed by atoms with van der Waals surface area (Å²) in [5.74, 6) is 4.18. The van der Waals surface area contributed by atoms with Crippen LogP contribution in [0.1, 0.15) is 28.4 Å². The highest BCUT2D eigenvalue weighted by Gasteiger charge is 2.16. The molecule has 9 heteroatoms. The van der Waals surface area contributed by atoms with Crippen LogP contribution in [-0.2, 0) is 17.7 Å². The Kier molecular flexibility index (Phi) is 7.91. The number of urea groups is 1. The number of amides is 3. The third kappa shape index (κ3) is 6.38. The number of phenols is 2. The molecule has 0 atom stereocenters. The molecule has 0 radical (unpaired) electrons. The van der Waals surface area contributed by atoms with Gasteiger partial charge in [-0.05, 0) is 30.7 Å². The fraction of sp³-hybridized carbons (Fsp3) is 0.304. The van der Waals surface area contributed by atoms with Gasteiger partial charge in [0.05, 0.1) is 18.8 Å². The van der Waals surface area contributed by atoms with Gasteiger partial charge in [-0.3, -0.25) is 15.1 Å². The Morgan fingerprint density at radius 1 is 1.06 bits per heavy atom. The molecule has 2 aromatic rings. The third-order valence-electron chi connectivity index (χ3n) is 4.91. The van der Waals surface area contributed by atoms with Gasteiger partial charge in [-0.2, -0.15) is 0 Å². The zero-order valence-corrected chi connectivity index (χ0v) is 17.8. The fourth-order valence-corrected chi connectivity index (χ4v) is 3.18. The summed E-state index contributed by atoms with van der Waals surface area (Å²) in [6, 6.07) is 9.18. The Labute approximate surface area is 186 Å². The van der Waals surface area contributed by atoms with Crippen LogP contribution in [0.25, 0.3) is 0 Å². The summed E-state index contributed by atoms with van der Waals surface area (Å²) in [4.78, 5) is 26.8. The highest BCUT2D eigenvalue weighted by atomic mass is 16.5. The Morgan fingerprint density at radius 2 is 1.78 bits per heavy atom. The van der Waals surface area contributed by atoms with E-state index >= 15 is 0 Å². The van der Waals surface area contributed by atoms with E-state index in [1.165, 1.54) is 6.07 Å². The van der Waals surface area contributed by atoms with Crippen LogP contribution in [0.3, 0.4) is 0 Å². The first-order valence-electron chi connectivity index (χ1n) is 10.2. The summed E-state index contributed by atoms with van der Waals surface area (Å²) in [5.41, 5.74) is 6.46. The van der Waals surface area contributed by atoms with E-state index in [2.05, 4.69) is 32.9 Å². The van der Waals surface area contributed by atoms with Gasteiger partial charge in [-0.1, -0.05) is 18.1 Å². The molecule has 1 saturated heterocycles. The van der Waals surface area contributed by atoms with E-state index in [4.69, 9.17) is 4.74 Å². The van der Waals surface area contributed by atoms with E-state index in [0.29, 0.717) is 11.3 Å². The predicted molar refractivity (Wildman–Crippen MR) is 119 cm³/mol. The molecular weight excluding hydrogens is 412 g/mol. The number of nitrogens with one attached hydrogen (secondary N) is 3. The number of rotatable bonds is 5. The summed E-state index contributed by atoms with van der Waals surface area (Å²) in [7, 11) is 0. The molecule has 0 unspecified atom stereocenters. The predicted octanol–water partition coefficient (Wildman–Crippen LogP) is 1.96. The minimum Gasteiger partial charge on any atom is -0.507 e. The first kappa shape index (κ1) is 22.9. The van der Waals surface area contributed by atoms with Crippen LogP contribution in [0.2, 0.25) is 0 Å². The maximum absolute atomic E-state index is 12.3. The standard InChI is InChI=1S/C23H26N4O5/c1-2-3-4-17-13-19(21(29)14-20(17)28)22(30)25-26-23(31)24-18-7-5-16(6-8-18)15-27-9-11-32-12-10-27/h5-8,13-14,28-29H,4,9-12,15H2,1H3,(H,25,30)(H2,24,26,31). The molecule has 1 aliphatic rings. The van der Waals surface area contributed by atoms with E-state index in [1.54, 1.807) is 19.1 Å². The van der Waals surface area contributed by atoms with Crippen LogP contribution < -0.4 is 16.2 Å². The molecule has 0 saturated carbocycles. The molecular formula is C23H26N4O5. The second-order valence-corrected chi connectivity index (χ2v) is 7.22. The average molecular weight is 438 g/mol. The van der Waals surface area contributed by atoms with Gasteiger partial charge in [0.2, 0.25) is 0 Å². The van der Waals surface area contributed by atoms with Crippen molar-refractivity contribution in [3.8, 4) is 23.3 Å². The molecule has 0 aromatic heterocycles. The first-order valence-corrected chi connectivity index (χ1v) is 10.2. The second-order valence-electron chi connectivity index (χ2n) is 7.22. The minimum atomic E-state index is -0.732. The van der Waals surface area contributed by atoms with Crippen LogP contribution in [0, 0.1) is 11.8 Å². The van der Waals surface area contributed by atoms with Crippen molar-refractivity contribution >= 4 is 17.6 Å². The highest BCUT2D eigenvalue weighted by molar-refractivity contribution is 5.99. The number of hydrogen-bond donors (Lipinski definition) is 5. The average Bonchev–Trinajstić information content (AvgIpc) is 2.79. The van der Waals surface area contributed by atoms with E-state index in [1.807, 2.05) is 12.1 Å². The third-order valence-corrected chi connectivity index (χ3v) is 4.91. The lowest BCUT2D eigenvalue weighted by atomic mass is 10.1. The largest absolute Gasteiger partial charge is 0.507 e. The molecule has 9 nitrogen and oxygen atoms in total. The van der Waals surface area contributed by atoms with E-state index < -0.39 is 17.7 Å². The highest BCUT2D eigenvalue weighted by Crippen LogP contribution is 2.27. The number of hydrogen-bond acceptors (Lipinski definition) is 6. The second kappa shape index (κ2) is 11.0. The number of carbonyl (C=O) groups excluding carboxylic acids is 2. The molecule has 0 spiro atoms. The zero-order chi connectivity index (χ0) is 22.9. The van der Waals surface area contributed by atoms with Crippen molar-refractivity contribution in [1.29, 1.82) is 0 Å². The van der Waals surface area contributed by atoms with Gasteiger partial charge in [0.25, 0.3) is 5.91 Å². The normalized spacial score (nSPS) is 13.5. The number of anilines is 1. The molecule has 32 heavy (non-hydrogen) atoms. The zero-order valence-electron chi connectivity index (χ0n) is 17.8. The minimum absolute atomic E-state index is 0.0940. The van der Waals surface area contributed by atoms with Crippen LogP contribution >= 0.6 is 0 Å². The maximum atomic E-state index is 12.3. The number of ether oxygens (including phenoxy) is 1.